The van der Waals surface area contributed by atoms with Crippen LogP contribution in [0.25, 0.3) is 0 Å². The summed E-state index contributed by atoms with van der Waals surface area (Å²) in [6.45, 7) is 2.37. The van der Waals surface area contributed by atoms with Crippen molar-refractivity contribution in [1.82, 2.24) is 20.8 Å². The molecule has 2 amide bonds. The first-order valence-electron chi connectivity index (χ1n) is 9.72. The number of nitrogens with one attached hydrogen (secondary N) is 2. The molecule has 1 heterocycles. The Bertz CT molecular complexity index is 843. The molecule has 0 radical (unpaired) electrons. The van der Waals surface area contributed by atoms with Gasteiger partial charge >= 0.3 is 0 Å². The molecule has 0 saturated heterocycles. The predicted molar refractivity (Wildman–Crippen MR) is 116 cm³/mol. The second-order valence-corrected chi connectivity index (χ2v) is 6.87. The molecule has 3 N–H and O–H groups in total. The molecular formula is C21H26ClN5O3. The number of hydrogen-bond donors (Lipinski definition) is 3. The Morgan fingerprint density at radius 1 is 1.10 bits per heavy atom. The summed E-state index contributed by atoms with van der Waals surface area (Å²) in [6, 6.07) is 9.58. The van der Waals surface area contributed by atoms with Gasteiger partial charge in [0.2, 0.25) is 11.9 Å². The zero-order chi connectivity index (χ0) is 21.8. The lowest BCUT2D eigenvalue weighted by atomic mass is 10.1. The van der Waals surface area contributed by atoms with Gasteiger partial charge in [0, 0.05) is 42.3 Å². The average molecular weight is 432 g/mol. The van der Waals surface area contributed by atoms with E-state index in [1.807, 2.05) is 37.3 Å². The quantitative estimate of drug-likeness (QED) is 0.283. The number of aromatic nitrogens is 2. The first-order chi connectivity index (χ1) is 14.6. The third-order valence-corrected chi connectivity index (χ3v) is 4.68. The van der Waals surface area contributed by atoms with Crippen LogP contribution in [0.1, 0.15) is 49.4 Å². The molecule has 8 nitrogen and oxygen atoms in total. The lowest BCUT2D eigenvalue weighted by Crippen LogP contribution is -2.25. The molecule has 9 heteroatoms. The first kappa shape index (κ1) is 23.3. The first-order valence-corrected chi connectivity index (χ1v) is 10.2. The third-order valence-electron chi connectivity index (χ3n) is 4.37. The maximum absolute atomic E-state index is 12.3. The molecule has 2 aromatic rings. The number of halogens is 1. The van der Waals surface area contributed by atoms with E-state index in [1.54, 1.807) is 10.4 Å². The molecule has 0 atom stereocenters. The van der Waals surface area contributed by atoms with Gasteiger partial charge in [0.1, 0.15) is 0 Å². The highest BCUT2D eigenvalue weighted by Gasteiger charge is 2.15. The highest BCUT2D eigenvalue weighted by molar-refractivity contribution is 6.25. The van der Waals surface area contributed by atoms with Crippen molar-refractivity contribution in [2.24, 2.45) is 0 Å². The number of rotatable bonds is 11. The van der Waals surface area contributed by atoms with Gasteiger partial charge in [0.25, 0.3) is 5.91 Å². The van der Waals surface area contributed by atoms with E-state index in [9.17, 15) is 9.59 Å². The zero-order valence-electron chi connectivity index (χ0n) is 16.8. The maximum atomic E-state index is 12.3. The summed E-state index contributed by atoms with van der Waals surface area (Å²) in [6.07, 6.45) is 6.50. The number of anilines is 2. The summed E-state index contributed by atoms with van der Waals surface area (Å²) < 4.78 is 0. The minimum absolute atomic E-state index is 0.239. The second kappa shape index (κ2) is 12.6. The fourth-order valence-electron chi connectivity index (χ4n) is 2.78. The van der Waals surface area contributed by atoms with Crippen LogP contribution < -0.4 is 15.7 Å². The van der Waals surface area contributed by atoms with Gasteiger partial charge in [-0.25, -0.2) is 15.4 Å². The van der Waals surface area contributed by atoms with Gasteiger partial charge < -0.3 is 5.32 Å². The monoisotopic (exact) mass is 431 g/mol. The molecule has 0 aliphatic heterocycles. The van der Waals surface area contributed by atoms with Crippen LogP contribution in [0, 0.1) is 0 Å². The van der Waals surface area contributed by atoms with E-state index in [0.717, 1.165) is 30.6 Å². The largest absolute Gasteiger partial charge is 0.352 e. The number of para-hydroxylation sites is 1. The van der Waals surface area contributed by atoms with Gasteiger partial charge in [0.05, 0.1) is 5.56 Å². The van der Waals surface area contributed by atoms with Crippen molar-refractivity contribution in [2.45, 2.75) is 39.0 Å². The molecule has 2 rings (SSSR count). The van der Waals surface area contributed by atoms with Crippen molar-refractivity contribution >= 4 is 35.1 Å². The number of unbranched alkanes of at least 4 members (excludes halogenated alkanes) is 3. The van der Waals surface area contributed by atoms with Crippen LogP contribution >= 0.6 is 11.6 Å². The number of hydrogen-bond acceptors (Lipinski definition) is 6. The highest BCUT2D eigenvalue weighted by Crippen LogP contribution is 2.26. The fourth-order valence-corrected chi connectivity index (χ4v) is 2.88. The van der Waals surface area contributed by atoms with Crippen LogP contribution in [0.4, 0.5) is 11.6 Å². The number of allylic oxidation sites excluding steroid dienone is 1. The molecule has 0 unspecified atom stereocenters. The van der Waals surface area contributed by atoms with Crippen molar-refractivity contribution in [3.8, 4) is 0 Å². The molecule has 0 saturated carbocycles. The summed E-state index contributed by atoms with van der Waals surface area (Å²) in [7, 11) is 0. The van der Waals surface area contributed by atoms with Crippen LogP contribution in [0.3, 0.4) is 0 Å². The second-order valence-electron chi connectivity index (χ2n) is 6.65. The smallest absolute Gasteiger partial charge is 0.254 e. The van der Waals surface area contributed by atoms with Gasteiger partial charge in [0.15, 0.2) is 0 Å². The van der Waals surface area contributed by atoms with Crippen molar-refractivity contribution in [2.75, 3.05) is 11.4 Å². The number of amides is 2. The van der Waals surface area contributed by atoms with E-state index < -0.39 is 0 Å². The van der Waals surface area contributed by atoms with Gasteiger partial charge in [-0.2, -0.15) is 0 Å². The number of benzene rings is 1. The molecule has 160 valence electrons. The maximum Gasteiger partial charge on any atom is 0.254 e. The van der Waals surface area contributed by atoms with Crippen LogP contribution in [-0.2, 0) is 4.79 Å². The highest BCUT2D eigenvalue weighted by atomic mass is 35.5. The molecule has 1 aromatic heterocycles. The topological polar surface area (TPSA) is 107 Å². The molecule has 0 aliphatic rings. The van der Waals surface area contributed by atoms with Crippen molar-refractivity contribution in [1.29, 1.82) is 0 Å². The van der Waals surface area contributed by atoms with Crippen LogP contribution in [-0.4, -0.2) is 33.5 Å². The Hall–Kier alpha value is -2.97. The molecule has 1 aromatic carbocycles. The summed E-state index contributed by atoms with van der Waals surface area (Å²) in [5.41, 5.74) is 5.04. The van der Waals surface area contributed by atoms with Crippen LogP contribution in [0.15, 0.2) is 54.0 Å². The number of hydroxylamine groups is 1. The Morgan fingerprint density at radius 2 is 1.77 bits per heavy atom. The summed E-state index contributed by atoms with van der Waals surface area (Å²) in [4.78, 5) is 33.7. The summed E-state index contributed by atoms with van der Waals surface area (Å²) in [5.74, 6) is -0.203. The van der Waals surface area contributed by atoms with E-state index in [4.69, 9.17) is 16.8 Å². The van der Waals surface area contributed by atoms with Crippen molar-refractivity contribution in [3.63, 3.8) is 0 Å². The van der Waals surface area contributed by atoms with E-state index in [2.05, 4.69) is 15.3 Å². The molecule has 0 bridgehead atoms. The third kappa shape index (κ3) is 7.13. The Kier molecular flexibility index (Phi) is 9.76. The van der Waals surface area contributed by atoms with E-state index in [-0.39, 0.29) is 11.8 Å². The summed E-state index contributed by atoms with van der Waals surface area (Å²) >= 11 is 5.90. The average Bonchev–Trinajstić information content (AvgIpc) is 2.79. The Balaban J connectivity index is 1.87. The number of nitrogens with zero attached hydrogens (tertiary/aromatic N) is 3. The van der Waals surface area contributed by atoms with E-state index in [0.29, 0.717) is 30.9 Å². The van der Waals surface area contributed by atoms with Gasteiger partial charge in [-0.15, -0.1) is 0 Å². The van der Waals surface area contributed by atoms with E-state index in [1.165, 1.54) is 17.9 Å². The normalized spacial score (nSPS) is 11.1. The minimum atomic E-state index is -0.380. The SMILES string of the molecule is CC(=CCl)N(c1ccccc1)c1ncc(C(=O)NCCCCCCC(=O)NO)cn1. The van der Waals surface area contributed by atoms with Gasteiger partial charge in [-0.1, -0.05) is 42.6 Å². The van der Waals surface area contributed by atoms with Crippen LogP contribution in [0.5, 0.6) is 0 Å². The Morgan fingerprint density at radius 3 is 2.40 bits per heavy atom. The fraction of sp³-hybridized carbons (Fsp3) is 0.333. The Labute approximate surface area is 180 Å². The molecule has 30 heavy (non-hydrogen) atoms. The van der Waals surface area contributed by atoms with Gasteiger partial charge in [-0.05, 0) is 31.9 Å². The molecule has 0 fully saturated rings. The molecular weight excluding hydrogens is 406 g/mol. The standard InChI is InChI=1S/C21H26ClN5O3/c1-16(13-22)27(18-9-5-4-6-10-18)21-24-14-17(15-25-21)20(29)23-12-8-3-2-7-11-19(28)26-30/h4-6,9-10,13-15,30H,2-3,7-8,11-12H2,1H3,(H,23,29)(H,26,28). The number of carbonyl (C=O) groups is 2. The summed E-state index contributed by atoms with van der Waals surface area (Å²) in [5, 5.41) is 11.3. The predicted octanol–water partition coefficient (Wildman–Crippen LogP) is 3.90. The molecule has 0 aliphatic carbocycles. The van der Waals surface area contributed by atoms with E-state index >= 15 is 0 Å². The zero-order valence-corrected chi connectivity index (χ0v) is 17.6. The lowest BCUT2D eigenvalue weighted by Gasteiger charge is -2.22. The number of carbonyl (C=O) groups excluding carboxylic acids is 2. The lowest BCUT2D eigenvalue weighted by molar-refractivity contribution is -0.129. The van der Waals surface area contributed by atoms with Gasteiger partial charge in [-0.3, -0.25) is 19.7 Å². The molecule has 0 spiro atoms. The minimum Gasteiger partial charge on any atom is -0.352 e. The van der Waals surface area contributed by atoms with Crippen molar-refractivity contribution < 1.29 is 14.8 Å². The van der Waals surface area contributed by atoms with Crippen LogP contribution in [0.2, 0.25) is 0 Å². The van der Waals surface area contributed by atoms with Crippen molar-refractivity contribution in [3.05, 3.63) is 59.5 Å².